The number of aliphatic hydroxyl groups is 1. The van der Waals surface area contributed by atoms with Crippen LogP contribution in [0.5, 0.6) is 0 Å². The summed E-state index contributed by atoms with van der Waals surface area (Å²) < 4.78 is 0. The second-order valence-electron chi connectivity index (χ2n) is 4.80. The number of nitrogens with one attached hydrogen (secondary N) is 1. The van der Waals surface area contributed by atoms with E-state index < -0.39 is 0 Å². The molecule has 0 aromatic heterocycles. The van der Waals surface area contributed by atoms with Crippen molar-refractivity contribution in [1.82, 2.24) is 5.32 Å². The van der Waals surface area contributed by atoms with E-state index in [4.69, 9.17) is 5.11 Å². The van der Waals surface area contributed by atoms with E-state index in [9.17, 15) is 0 Å². The molecule has 0 aromatic rings. The van der Waals surface area contributed by atoms with E-state index in [1.54, 1.807) is 0 Å². The fourth-order valence-corrected chi connectivity index (χ4v) is 1.87. The van der Waals surface area contributed by atoms with Crippen LogP contribution >= 0.6 is 0 Å². The van der Waals surface area contributed by atoms with Gasteiger partial charge in [0.15, 0.2) is 0 Å². The van der Waals surface area contributed by atoms with Gasteiger partial charge in [0.05, 0.1) is 6.61 Å². The molecule has 0 heterocycles. The summed E-state index contributed by atoms with van der Waals surface area (Å²) in [6.07, 6.45) is 3.82. The number of hydrogen-bond acceptors (Lipinski definition) is 2. The summed E-state index contributed by atoms with van der Waals surface area (Å²) in [7, 11) is 0. The van der Waals surface area contributed by atoms with Crippen molar-refractivity contribution in [3.63, 3.8) is 0 Å². The molecule has 1 aliphatic rings. The fraction of sp³-hybridized carbons (Fsp3) is 1.00. The van der Waals surface area contributed by atoms with E-state index in [2.05, 4.69) is 26.1 Å². The SMILES string of the molecule is CC(C)C[C@H](CO)N[C@@H](C)C1CC1. The zero-order valence-electron chi connectivity index (χ0n) is 9.09. The molecule has 1 fully saturated rings. The molecule has 2 atom stereocenters. The molecule has 2 N–H and O–H groups in total. The van der Waals surface area contributed by atoms with Crippen molar-refractivity contribution in [2.24, 2.45) is 11.8 Å². The van der Waals surface area contributed by atoms with Crippen LogP contribution in [0.25, 0.3) is 0 Å². The molecular weight excluding hydrogens is 162 g/mol. The Bertz CT molecular complexity index is 143. The summed E-state index contributed by atoms with van der Waals surface area (Å²) in [5.74, 6) is 1.54. The Morgan fingerprint density at radius 2 is 1.92 bits per heavy atom. The van der Waals surface area contributed by atoms with Crippen molar-refractivity contribution in [2.45, 2.75) is 52.1 Å². The van der Waals surface area contributed by atoms with Gasteiger partial charge in [-0.05, 0) is 38.0 Å². The summed E-state index contributed by atoms with van der Waals surface area (Å²) >= 11 is 0. The van der Waals surface area contributed by atoms with Crippen LogP contribution in [0, 0.1) is 11.8 Å². The normalized spacial score (nSPS) is 21.9. The van der Waals surface area contributed by atoms with Gasteiger partial charge in [-0.2, -0.15) is 0 Å². The van der Waals surface area contributed by atoms with Gasteiger partial charge in [0.1, 0.15) is 0 Å². The van der Waals surface area contributed by atoms with Crippen LogP contribution in [0.1, 0.15) is 40.0 Å². The maximum absolute atomic E-state index is 9.16. The van der Waals surface area contributed by atoms with Gasteiger partial charge in [0.25, 0.3) is 0 Å². The van der Waals surface area contributed by atoms with Crippen LogP contribution in [-0.4, -0.2) is 23.8 Å². The van der Waals surface area contributed by atoms with Crippen molar-refractivity contribution in [3.05, 3.63) is 0 Å². The van der Waals surface area contributed by atoms with Gasteiger partial charge >= 0.3 is 0 Å². The van der Waals surface area contributed by atoms with Gasteiger partial charge in [-0.1, -0.05) is 13.8 Å². The van der Waals surface area contributed by atoms with Crippen molar-refractivity contribution >= 4 is 0 Å². The van der Waals surface area contributed by atoms with Gasteiger partial charge in [-0.15, -0.1) is 0 Å². The highest BCUT2D eigenvalue weighted by Crippen LogP contribution is 2.32. The lowest BCUT2D eigenvalue weighted by atomic mass is 10.0. The highest BCUT2D eigenvalue weighted by atomic mass is 16.3. The molecule has 2 nitrogen and oxygen atoms in total. The molecule has 0 bridgehead atoms. The minimum atomic E-state index is 0.273. The molecular formula is C11H23NO. The Hall–Kier alpha value is -0.0800. The topological polar surface area (TPSA) is 32.3 Å². The Labute approximate surface area is 81.7 Å². The summed E-state index contributed by atoms with van der Waals surface area (Å²) in [6.45, 7) is 6.91. The van der Waals surface area contributed by atoms with E-state index in [-0.39, 0.29) is 6.61 Å². The second kappa shape index (κ2) is 4.97. The predicted molar refractivity (Wildman–Crippen MR) is 55.7 cm³/mol. The molecule has 0 amide bonds. The molecule has 0 aliphatic heterocycles. The zero-order valence-corrected chi connectivity index (χ0v) is 9.09. The van der Waals surface area contributed by atoms with Crippen molar-refractivity contribution < 1.29 is 5.11 Å². The van der Waals surface area contributed by atoms with Crippen molar-refractivity contribution in [3.8, 4) is 0 Å². The Morgan fingerprint density at radius 1 is 1.31 bits per heavy atom. The number of rotatable bonds is 6. The minimum absolute atomic E-state index is 0.273. The molecule has 0 aromatic carbocycles. The molecule has 0 saturated heterocycles. The third-order valence-corrected chi connectivity index (χ3v) is 2.80. The molecule has 1 saturated carbocycles. The molecule has 2 heteroatoms. The first-order valence-corrected chi connectivity index (χ1v) is 5.50. The molecule has 0 radical (unpaired) electrons. The number of aliphatic hydroxyl groups excluding tert-OH is 1. The average Bonchev–Trinajstić information content (AvgIpc) is 2.84. The van der Waals surface area contributed by atoms with Crippen LogP contribution < -0.4 is 5.32 Å². The second-order valence-corrected chi connectivity index (χ2v) is 4.80. The smallest absolute Gasteiger partial charge is 0.0584 e. The predicted octanol–water partition coefficient (Wildman–Crippen LogP) is 1.78. The van der Waals surface area contributed by atoms with E-state index in [1.165, 1.54) is 12.8 Å². The van der Waals surface area contributed by atoms with Crippen LogP contribution in [0.15, 0.2) is 0 Å². The first-order chi connectivity index (χ1) is 6.13. The Balaban J connectivity index is 2.21. The molecule has 0 spiro atoms. The average molecular weight is 185 g/mol. The van der Waals surface area contributed by atoms with Gasteiger partial charge < -0.3 is 10.4 Å². The highest BCUT2D eigenvalue weighted by molar-refractivity contribution is 4.85. The van der Waals surface area contributed by atoms with Gasteiger partial charge in [0.2, 0.25) is 0 Å². The first-order valence-electron chi connectivity index (χ1n) is 5.50. The molecule has 13 heavy (non-hydrogen) atoms. The summed E-state index contributed by atoms with van der Waals surface area (Å²) in [5, 5.41) is 12.7. The highest BCUT2D eigenvalue weighted by Gasteiger charge is 2.29. The zero-order chi connectivity index (χ0) is 9.84. The van der Waals surface area contributed by atoms with Gasteiger partial charge in [-0.3, -0.25) is 0 Å². The third kappa shape index (κ3) is 4.10. The van der Waals surface area contributed by atoms with Crippen molar-refractivity contribution in [2.75, 3.05) is 6.61 Å². The maximum atomic E-state index is 9.16. The first kappa shape index (κ1) is 11.0. The van der Waals surface area contributed by atoms with E-state index in [0.717, 1.165) is 12.3 Å². The van der Waals surface area contributed by atoms with Crippen LogP contribution in [0.3, 0.4) is 0 Å². The van der Waals surface area contributed by atoms with Gasteiger partial charge in [0, 0.05) is 12.1 Å². The summed E-state index contributed by atoms with van der Waals surface area (Å²) in [5.41, 5.74) is 0. The molecule has 78 valence electrons. The lowest BCUT2D eigenvalue weighted by Crippen LogP contribution is -2.40. The quantitative estimate of drug-likeness (QED) is 0.661. The van der Waals surface area contributed by atoms with Crippen molar-refractivity contribution in [1.29, 1.82) is 0 Å². The van der Waals surface area contributed by atoms with Gasteiger partial charge in [-0.25, -0.2) is 0 Å². The summed E-state index contributed by atoms with van der Waals surface area (Å²) in [4.78, 5) is 0. The van der Waals surface area contributed by atoms with E-state index in [1.807, 2.05) is 0 Å². The Kier molecular flexibility index (Phi) is 4.20. The maximum Gasteiger partial charge on any atom is 0.0584 e. The molecule has 1 aliphatic carbocycles. The molecule has 1 rings (SSSR count). The monoisotopic (exact) mass is 185 g/mol. The standard InChI is InChI=1S/C11H23NO/c1-8(2)6-11(7-13)12-9(3)10-4-5-10/h8-13H,4-7H2,1-3H3/t9-,11+/m0/s1. The fourth-order valence-electron chi connectivity index (χ4n) is 1.87. The third-order valence-electron chi connectivity index (χ3n) is 2.80. The Morgan fingerprint density at radius 3 is 2.31 bits per heavy atom. The number of hydrogen-bond donors (Lipinski definition) is 2. The van der Waals surface area contributed by atoms with E-state index in [0.29, 0.717) is 18.0 Å². The van der Waals surface area contributed by atoms with Crippen LogP contribution in [0.2, 0.25) is 0 Å². The molecule has 0 unspecified atom stereocenters. The minimum Gasteiger partial charge on any atom is -0.395 e. The summed E-state index contributed by atoms with van der Waals surface area (Å²) in [6, 6.07) is 0.895. The van der Waals surface area contributed by atoms with Crippen LogP contribution in [-0.2, 0) is 0 Å². The lowest BCUT2D eigenvalue weighted by molar-refractivity contribution is 0.211. The lowest BCUT2D eigenvalue weighted by Gasteiger charge is -2.22. The van der Waals surface area contributed by atoms with E-state index >= 15 is 0 Å². The van der Waals surface area contributed by atoms with Crippen LogP contribution in [0.4, 0.5) is 0 Å². The largest absolute Gasteiger partial charge is 0.395 e.